The molecule has 1 nitrogen and oxygen atoms in total. The summed E-state index contributed by atoms with van der Waals surface area (Å²) < 4.78 is 0. The van der Waals surface area contributed by atoms with Gasteiger partial charge in [0.2, 0.25) is 0 Å². The first kappa shape index (κ1) is 27.0. The molecule has 0 spiro atoms. The molecule has 0 aliphatic rings. The summed E-state index contributed by atoms with van der Waals surface area (Å²) in [6, 6.07) is 8.71. The normalized spacial score (nSPS) is 11.7. The van der Waals surface area contributed by atoms with Crippen molar-refractivity contribution in [3.05, 3.63) is 30.3 Å². The number of phenols is 1. The fourth-order valence-electron chi connectivity index (χ4n) is 3.87. The molecule has 28 heavy (non-hydrogen) atoms. The summed E-state index contributed by atoms with van der Waals surface area (Å²) >= 11 is 0. The second kappa shape index (κ2) is 22.3. The minimum Gasteiger partial charge on any atom is -0.508 e. The third kappa shape index (κ3) is 19.8. The van der Waals surface area contributed by atoms with Crippen LogP contribution in [0.2, 0.25) is 0 Å². The van der Waals surface area contributed by atoms with E-state index in [4.69, 9.17) is 5.11 Å². The first-order valence-electron chi connectivity index (χ1n) is 12.5. The van der Waals surface area contributed by atoms with E-state index in [0.29, 0.717) is 5.75 Å². The van der Waals surface area contributed by atoms with Crippen molar-refractivity contribution in [2.24, 2.45) is 5.92 Å². The third-order valence-corrected chi connectivity index (χ3v) is 5.63. The summed E-state index contributed by atoms with van der Waals surface area (Å²) in [5.74, 6) is 1.36. The molecule has 0 heterocycles. The van der Waals surface area contributed by atoms with Crippen molar-refractivity contribution in [2.75, 3.05) is 0 Å². The molecule has 1 heteroatoms. The minimum absolute atomic E-state index is 0.322. The van der Waals surface area contributed by atoms with Crippen LogP contribution in [0.5, 0.6) is 5.75 Å². The Balaban J connectivity index is 0.000000861. The lowest BCUT2D eigenvalue weighted by Crippen LogP contribution is -2.00. The Morgan fingerprint density at radius 3 is 1.36 bits per heavy atom. The fraction of sp³-hybridized carbons (Fsp3) is 0.778. The van der Waals surface area contributed by atoms with Crippen LogP contribution in [-0.4, -0.2) is 5.11 Å². The molecule has 0 radical (unpaired) electrons. The van der Waals surface area contributed by atoms with Gasteiger partial charge in [0.25, 0.3) is 0 Å². The number of para-hydroxylation sites is 1. The van der Waals surface area contributed by atoms with Gasteiger partial charge in [0.15, 0.2) is 0 Å². The van der Waals surface area contributed by atoms with E-state index in [0.717, 1.165) is 5.92 Å². The maximum atomic E-state index is 8.63. The highest BCUT2D eigenvalue weighted by Gasteiger charge is 2.07. The molecule has 1 unspecified atom stereocenters. The number of benzene rings is 1. The maximum absolute atomic E-state index is 8.63. The van der Waals surface area contributed by atoms with Crippen LogP contribution in [-0.2, 0) is 0 Å². The topological polar surface area (TPSA) is 20.2 Å². The lowest BCUT2D eigenvalue weighted by molar-refractivity contribution is 0.378. The Hall–Kier alpha value is -0.980. The van der Waals surface area contributed by atoms with Gasteiger partial charge in [-0.05, 0) is 18.1 Å². The Morgan fingerprint density at radius 1 is 0.536 bits per heavy atom. The van der Waals surface area contributed by atoms with Gasteiger partial charge in [-0.1, -0.05) is 148 Å². The van der Waals surface area contributed by atoms with Crippen LogP contribution in [0, 0.1) is 5.92 Å². The summed E-state index contributed by atoms with van der Waals surface area (Å²) in [5, 5.41) is 8.63. The zero-order valence-electron chi connectivity index (χ0n) is 19.4. The number of hydrogen-bond acceptors (Lipinski definition) is 1. The smallest absolute Gasteiger partial charge is 0.115 e. The Bertz CT molecular complexity index is 387. The molecule has 164 valence electrons. The van der Waals surface area contributed by atoms with Gasteiger partial charge in [0.1, 0.15) is 5.75 Å². The van der Waals surface area contributed by atoms with Gasteiger partial charge >= 0.3 is 0 Å². The third-order valence-electron chi connectivity index (χ3n) is 5.63. The molecule has 1 atom stereocenters. The highest BCUT2D eigenvalue weighted by atomic mass is 16.3. The zero-order chi connectivity index (χ0) is 20.7. The predicted molar refractivity (Wildman–Crippen MR) is 127 cm³/mol. The summed E-state index contributed by atoms with van der Waals surface area (Å²) in [5.41, 5.74) is 0. The van der Waals surface area contributed by atoms with Gasteiger partial charge in [0, 0.05) is 0 Å². The van der Waals surface area contributed by atoms with Crippen LogP contribution >= 0.6 is 0 Å². The summed E-state index contributed by atoms with van der Waals surface area (Å²) in [4.78, 5) is 0. The number of phenolic OH excluding ortho intramolecular Hbond substituents is 1. The Morgan fingerprint density at radius 2 is 0.964 bits per heavy atom. The average Bonchev–Trinajstić information content (AvgIpc) is 2.71. The van der Waals surface area contributed by atoms with E-state index in [2.05, 4.69) is 20.8 Å². The first-order valence-corrected chi connectivity index (χ1v) is 12.5. The van der Waals surface area contributed by atoms with Crippen molar-refractivity contribution in [1.29, 1.82) is 0 Å². The van der Waals surface area contributed by atoms with Gasteiger partial charge in [0.05, 0.1) is 0 Å². The molecule has 1 rings (SSSR count). The van der Waals surface area contributed by atoms with Crippen molar-refractivity contribution >= 4 is 0 Å². The van der Waals surface area contributed by atoms with Crippen molar-refractivity contribution in [3.8, 4) is 5.75 Å². The molecule has 0 amide bonds. The second-order valence-corrected chi connectivity index (χ2v) is 8.46. The van der Waals surface area contributed by atoms with E-state index in [1.54, 1.807) is 24.3 Å². The number of unbranched alkanes of at least 4 members (excludes halogenated alkanes) is 11. The van der Waals surface area contributed by atoms with Crippen LogP contribution in [0.4, 0.5) is 0 Å². The Labute approximate surface area is 177 Å². The van der Waals surface area contributed by atoms with Gasteiger partial charge < -0.3 is 5.11 Å². The van der Waals surface area contributed by atoms with Crippen molar-refractivity contribution in [1.82, 2.24) is 0 Å². The highest BCUT2D eigenvalue weighted by Crippen LogP contribution is 2.23. The van der Waals surface area contributed by atoms with E-state index >= 15 is 0 Å². The fourth-order valence-corrected chi connectivity index (χ4v) is 3.87. The quantitative estimate of drug-likeness (QED) is 0.262. The monoisotopic (exact) mass is 390 g/mol. The summed E-state index contributed by atoms with van der Waals surface area (Å²) in [6.07, 6.45) is 24.8. The van der Waals surface area contributed by atoms with E-state index in [1.165, 1.54) is 109 Å². The van der Waals surface area contributed by atoms with Crippen molar-refractivity contribution < 1.29 is 5.11 Å². The number of rotatable bonds is 17. The largest absolute Gasteiger partial charge is 0.508 e. The standard InChI is InChI=1S/C21H44.C6H6O/c1-4-7-9-11-12-13-14-15-17-20-21(18-6-3)19-16-10-8-5-2;7-6-4-2-1-3-5-6/h21H,4-20H2,1-3H3;1-5,7H. The molecule has 0 saturated carbocycles. The number of aromatic hydroxyl groups is 1. The molecular weight excluding hydrogens is 340 g/mol. The summed E-state index contributed by atoms with van der Waals surface area (Å²) in [7, 11) is 0. The van der Waals surface area contributed by atoms with Gasteiger partial charge in [-0.25, -0.2) is 0 Å². The van der Waals surface area contributed by atoms with Crippen LogP contribution in [0.25, 0.3) is 0 Å². The van der Waals surface area contributed by atoms with E-state index in [-0.39, 0.29) is 0 Å². The lowest BCUT2D eigenvalue weighted by Gasteiger charge is -2.15. The van der Waals surface area contributed by atoms with Crippen molar-refractivity contribution in [3.63, 3.8) is 0 Å². The van der Waals surface area contributed by atoms with Crippen LogP contribution in [0.3, 0.4) is 0 Å². The Kier molecular flexibility index (Phi) is 21.5. The molecule has 1 N–H and O–H groups in total. The van der Waals surface area contributed by atoms with Gasteiger partial charge in [-0.2, -0.15) is 0 Å². The van der Waals surface area contributed by atoms with E-state index < -0.39 is 0 Å². The van der Waals surface area contributed by atoms with Crippen LogP contribution in [0.15, 0.2) is 30.3 Å². The zero-order valence-corrected chi connectivity index (χ0v) is 19.4. The van der Waals surface area contributed by atoms with Crippen LogP contribution < -0.4 is 0 Å². The minimum atomic E-state index is 0.322. The molecule has 0 aromatic heterocycles. The predicted octanol–water partition coefficient (Wildman–Crippen LogP) is 9.69. The first-order chi connectivity index (χ1) is 13.7. The highest BCUT2D eigenvalue weighted by molar-refractivity contribution is 5.18. The van der Waals surface area contributed by atoms with Gasteiger partial charge in [-0.15, -0.1) is 0 Å². The molecule has 1 aromatic rings. The van der Waals surface area contributed by atoms with E-state index in [9.17, 15) is 0 Å². The molecular formula is C27H50O. The summed E-state index contributed by atoms with van der Waals surface area (Å²) in [6.45, 7) is 6.97. The van der Waals surface area contributed by atoms with E-state index in [1.807, 2.05) is 6.07 Å². The maximum Gasteiger partial charge on any atom is 0.115 e. The van der Waals surface area contributed by atoms with Gasteiger partial charge in [-0.3, -0.25) is 0 Å². The average molecular weight is 391 g/mol. The van der Waals surface area contributed by atoms with Crippen LogP contribution in [0.1, 0.15) is 130 Å². The molecule has 0 saturated heterocycles. The van der Waals surface area contributed by atoms with Crippen molar-refractivity contribution in [2.45, 2.75) is 130 Å². The SMILES string of the molecule is CCCCCCCCCCCC(CCC)CCCCCC.Oc1ccccc1. The number of hydrogen-bond donors (Lipinski definition) is 1. The molecule has 0 aliphatic heterocycles. The lowest BCUT2D eigenvalue weighted by atomic mass is 9.91. The molecule has 0 bridgehead atoms. The molecule has 0 aliphatic carbocycles. The molecule has 0 fully saturated rings. The molecule has 1 aromatic carbocycles. The second-order valence-electron chi connectivity index (χ2n) is 8.46.